The number of carboxylic acids is 2. The van der Waals surface area contributed by atoms with E-state index in [1.54, 1.807) is 6.07 Å². The number of benzene rings is 4. The molecule has 2 saturated heterocycles. The number of likely N-dealkylation sites (N-methyl/N-ethyl adjacent to an activating group) is 1. The molecular weight excluding hydrogens is 993 g/mol. The van der Waals surface area contributed by atoms with Crippen LogP contribution in [-0.2, 0) is 39.1 Å². The van der Waals surface area contributed by atoms with E-state index in [0.29, 0.717) is 36.1 Å². The molecule has 79 heavy (non-hydrogen) atoms. The molecule has 0 amide bonds. The highest BCUT2D eigenvalue weighted by Gasteiger charge is 2.38. The lowest BCUT2D eigenvalue weighted by atomic mass is 9.72. The fourth-order valence-electron chi connectivity index (χ4n) is 16.1. The van der Waals surface area contributed by atoms with Gasteiger partial charge >= 0.3 is 11.9 Å². The van der Waals surface area contributed by atoms with Gasteiger partial charge in [0.25, 0.3) is 5.92 Å². The van der Waals surface area contributed by atoms with Gasteiger partial charge in [-0.1, -0.05) is 74.7 Å². The zero-order chi connectivity index (χ0) is 53.7. The van der Waals surface area contributed by atoms with Crippen molar-refractivity contribution in [3.63, 3.8) is 0 Å². The lowest BCUT2D eigenvalue weighted by molar-refractivity contribution is -0.0548. The second-order valence-corrected chi connectivity index (χ2v) is 24.6. The molecule has 11 nitrogen and oxygen atoms in total. The zero-order valence-electron chi connectivity index (χ0n) is 45.9. The SMILES string of the molecule is CCN1CCN(Cc2cn3c4c(cccc24)-c2c(C4CCCCC4)c4ccc(C(=O)O)cc4n2CC(C2CCC(c4c5n(c6cc(C(=O)O)ccc46)CCCn4cc(CCN6CCC(F)(F)CC6)c6cccc-5c64)CC2)C3)CC1. The molecule has 14 rings (SSSR count). The van der Waals surface area contributed by atoms with Crippen LogP contribution in [0.25, 0.3) is 66.1 Å². The van der Waals surface area contributed by atoms with Gasteiger partial charge in [0, 0.05) is 147 Å². The maximum atomic E-state index is 14.1. The smallest absolute Gasteiger partial charge is 0.335 e. The number of alkyl halides is 2. The molecule has 6 aliphatic rings. The van der Waals surface area contributed by atoms with Gasteiger partial charge in [0.05, 0.1) is 33.5 Å². The maximum Gasteiger partial charge on any atom is 0.335 e. The molecule has 1 atom stereocenters. The second-order valence-electron chi connectivity index (χ2n) is 24.6. The summed E-state index contributed by atoms with van der Waals surface area (Å²) in [6, 6.07) is 25.4. The Morgan fingerprint density at radius 1 is 0.557 bits per heavy atom. The highest BCUT2D eigenvalue weighted by atomic mass is 19.3. The number of fused-ring (bicyclic) bond motifs is 8. The summed E-state index contributed by atoms with van der Waals surface area (Å²) in [4.78, 5) is 32.8. The number of para-hydroxylation sites is 2. The van der Waals surface area contributed by atoms with E-state index in [-0.39, 0.29) is 24.7 Å². The van der Waals surface area contributed by atoms with Crippen molar-refractivity contribution in [1.82, 2.24) is 33.0 Å². The normalized spacial score (nSPS) is 22.4. The largest absolute Gasteiger partial charge is 0.478 e. The minimum absolute atomic E-state index is 0.0797. The summed E-state index contributed by atoms with van der Waals surface area (Å²) in [6.07, 6.45) is 16.4. The molecule has 8 aromatic rings. The van der Waals surface area contributed by atoms with Gasteiger partial charge in [-0.15, -0.1) is 0 Å². The predicted molar refractivity (Wildman–Crippen MR) is 310 cm³/mol. The quantitative estimate of drug-likeness (QED) is 0.133. The Hall–Kier alpha value is -6.28. The molecule has 1 unspecified atom stereocenters. The summed E-state index contributed by atoms with van der Waals surface area (Å²) in [5, 5.41) is 25.8. The van der Waals surface area contributed by atoms with Crippen LogP contribution in [0.3, 0.4) is 0 Å². The van der Waals surface area contributed by atoms with E-state index in [2.05, 4.69) is 101 Å². The van der Waals surface area contributed by atoms with Gasteiger partial charge in [0.2, 0.25) is 0 Å². The molecule has 0 radical (unpaired) electrons. The van der Waals surface area contributed by atoms with E-state index in [0.717, 1.165) is 140 Å². The molecule has 4 aromatic carbocycles. The fourth-order valence-corrected chi connectivity index (χ4v) is 16.1. The van der Waals surface area contributed by atoms with Gasteiger partial charge in [-0.3, -0.25) is 4.90 Å². The third kappa shape index (κ3) is 9.01. The third-order valence-electron chi connectivity index (χ3n) is 20.3. The van der Waals surface area contributed by atoms with Crippen LogP contribution >= 0.6 is 0 Å². The zero-order valence-corrected chi connectivity index (χ0v) is 45.9. The fraction of sp³-hybridized carbons (Fsp3) is 0.485. The molecule has 4 aliphatic heterocycles. The predicted octanol–water partition coefficient (Wildman–Crippen LogP) is 13.7. The molecule has 4 aromatic heterocycles. The summed E-state index contributed by atoms with van der Waals surface area (Å²) >= 11 is 0. The van der Waals surface area contributed by atoms with Crippen LogP contribution in [0.5, 0.6) is 0 Å². The molecule has 4 fully saturated rings. The van der Waals surface area contributed by atoms with Crippen LogP contribution in [0, 0.1) is 11.8 Å². The number of carbonyl (C=O) groups is 2. The molecule has 8 heterocycles. The van der Waals surface area contributed by atoms with Crippen LogP contribution in [0.15, 0.2) is 85.2 Å². The molecule has 0 bridgehead atoms. The average molecular weight is 1070 g/mol. The molecule has 13 heteroatoms. The minimum atomic E-state index is -2.57. The lowest BCUT2D eigenvalue weighted by Crippen LogP contribution is -2.45. The number of piperazine rings is 1. The summed E-state index contributed by atoms with van der Waals surface area (Å²) in [5.74, 6) is -3.01. The van der Waals surface area contributed by atoms with Gasteiger partial charge < -0.3 is 38.3 Å². The van der Waals surface area contributed by atoms with Crippen molar-refractivity contribution in [2.75, 3.05) is 52.4 Å². The van der Waals surface area contributed by atoms with Gasteiger partial charge in [-0.25, -0.2) is 18.4 Å². The Balaban J connectivity index is 0.851. The lowest BCUT2D eigenvalue weighted by Gasteiger charge is -2.37. The molecular formula is C66H75F2N7O4. The average Bonchev–Trinajstić information content (AvgIpc) is 4.28. The summed E-state index contributed by atoms with van der Waals surface area (Å²) in [5.41, 5.74) is 15.6. The van der Waals surface area contributed by atoms with Gasteiger partial charge in [0.1, 0.15) is 0 Å². The Labute approximate surface area is 461 Å². The van der Waals surface area contributed by atoms with Crippen molar-refractivity contribution >= 4 is 55.6 Å². The number of aromatic nitrogens is 4. The van der Waals surface area contributed by atoms with E-state index in [9.17, 15) is 28.6 Å². The molecule has 2 saturated carbocycles. The van der Waals surface area contributed by atoms with Gasteiger partial charge in [-0.05, 0) is 128 Å². The first-order valence-electron chi connectivity index (χ1n) is 30.0. The van der Waals surface area contributed by atoms with E-state index in [1.165, 1.54) is 91.2 Å². The minimum Gasteiger partial charge on any atom is -0.478 e. The number of rotatable bonds is 11. The Kier molecular flexibility index (Phi) is 13.1. The van der Waals surface area contributed by atoms with Crippen LogP contribution in [0.2, 0.25) is 0 Å². The number of piperidine rings is 1. The van der Waals surface area contributed by atoms with Crippen LogP contribution < -0.4 is 0 Å². The number of likely N-dealkylation sites (tertiary alicyclic amines) is 1. The highest BCUT2D eigenvalue weighted by Crippen LogP contribution is 2.52. The molecule has 412 valence electrons. The van der Waals surface area contributed by atoms with E-state index >= 15 is 0 Å². The number of nitrogens with zero attached hydrogens (tertiary/aromatic N) is 7. The van der Waals surface area contributed by atoms with Crippen molar-refractivity contribution in [2.24, 2.45) is 11.8 Å². The van der Waals surface area contributed by atoms with Crippen LogP contribution in [0.4, 0.5) is 8.78 Å². The maximum absolute atomic E-state index is 14.1. The first-order valence-corrected chi connectivity index (χ1v) is 30.0. The van der Waals surface area contributed by atoms with Crippen LogP contribution in [0.1, 0.15) is 139 Å². The summed E-state index contributed by atoms with van der Waals surface area (Å²) in [7, 11) is 0. The van der Waals surface area contributed by atoms with Crippen molar-refractivity contribution in [3.8, 4) is 22.5 Å². The molecule has 2 N–H and O–H groups in total. The first kappa shape index (κ1) is 50.9. The number of aryl methyl sites for hydroxylation is 2. The number of aromatic carboxylic acids is 2. The number of halogens is 2. The highest BCUT2D eigenvalue weighted by molar-refractivity contribution is 6.05. The second kappa shape index (κ2) is 20.4. The third-order valence-corrected chi connectivity index (χ3v) is 20.3. The Morgan fingerprint density at radius 3 is 1.78 bits per heavy atom. The number of hydrogen-bond acceptors (Lipinski definition) is 5. The van der Waals surface area contributed by atoms with Crippen LogP contribution in [-0.4, -0.2) is 113 Å². The van der Waals surface area contributed by atoms with Gasteiger partial charge in [-0.2, -0.15) is 0 Å². The van der Waals surface area contributed by atoms with Crippen molar-refractivity contribution in [2.45, 2.75) is 141 Å². The van der Waals surface area contributed by atoms with Crippen molar-refractivity contribution < 1.29 is 28.6 Å². The summed E-state index contributed by atoms with van der Waals surface area (Å²) < 4.78 is 38.4. The summed E-state index contributed by atoms with van der Waals surface area (Å²) in [6.45, 7) is 13.5. The topological polar surface area (TPSA) is 104 Å². The first-order chi connectivity index (χ1) is 38.5. The van der Waals surface area contributed by atoms with E-state index < -0.39 is 17.9 Å². The van der Waals surface area contributed by atoms with Crippen molar-refractivity contribution in [1.29, 1.82) is 0 Å². The standard InChI is InChI=1S/C66H75F2N7O4/c1-2-69-31-33-71(34-32-69)37-49-40-73-39-48(41-75-57-36-46(65(78)79)20-22-53(57)58(43-9-4-3-5-10-43)63(75)55-14-7-12-51(49)61(55)73)42-15-17-44(18-16-42)59-52-21-19-45(64(76)77)35-56(52)74-27-8-26-72-38-47(23-28-70-29-24-66(67,68)25-30-70)50-11-6-13-54(60(50)72)62(59)74/h6-7,11-14,19-22,35-36,38,40,42-44,48H,2-5,8-10,15-18,23-34,37,39,41H2,1H3,(H,76,77)(H,78,79). The number of hydrogen-bond donors (Lipinski definition) is 2. The molecule has 2 aliphatic carbocycles. The number of carboxylic acid groups (broad SMARTS) is 2. The van der Waals surface area contributed by atoms with E-state index in [4.69, 9.17) is 0 Å². The van der Waals surface area contributed by atoms with Crippen molar-refractivity contribution in [3.05, 3.63) is 119 Å². The van der Waals surface area contributed by atoms with E-state index in [1.807, 2.05) is 18.2 Å². The Morgan fingerprint density at radius 2 is 1.14 bits per heavy atom. The monoisotopic (exact) mass is 1070 g/mol. The molecule has 0 spiro atoms. The Bertz CT molecular complexity index is 3660. The van der Waals surface area contributed by atoms with Gasteiger partial charge in [0.15, 0.2) is 0 Å².